The predicted molar refractivity (Wildman–Crippen MR) is 80.7 cm³/mol. The smallest absolute Gasteiger partial charge is 0.105 e. The molecule has 0 aromatic carbocycles. The molecule has 110 valence electrons. The van der Waals surface area contributed by atoms with Gasteiger partial charge in [-0.25, -0.2) is 0 Å². The summed E-state index contributed by atoms with van der Waals surface area (Å²) in [4.78, 5) is 0. The molecular weight excluding hydrogens is 250 g/mol. The van der Waals surface area contributed by atoms with Crippen LogP contribution >= 0.6 is 0 Å². The fraction of sp³-hybridized carbons (Fsp3) is 0.562. The Kier molecular flexibility index (Phi) is 4.65. The number of hydrogen-bond acceptors (Lipinski definition) is 3. The number of aromatic nitrogens is 2. The fourth-order valence-electron chi connectivity index (χ4n) is 2.55. The first-order valence-corrected chi connectivity index (χ1v) is 7.41. The maximum Gasteiger partial charge on any atom is 0.105 e. The topological polar surface area (TPSA) is 43.0 Å². The third kappa shape index (κ3) is 3.12. The molecule has 0 saturated heterocycles. The molecule has 1 atom stereocenters. The van der Waals surface area contributed by atoms with E-state index in [4.69, 9.17) is 4.42 Å². The van der Waals surface area contributed by atoms with Crippen molar-refractivity contribution in [3.63, 3.8) is 0 Å². The molecule has 2 heterocycles. The Bertz CT molecular complexity index is 568. The van der Waals surface area contributed by atoms with Crippen LogP contribution in [0.5, 0.6) is 0 Å². The predicted octanol–water partition coefficient (Wildman–Crippen LogP) is 3.53. The highest BCUT2D eigenvalue weighted by Crippen LogP contribution is 2.21. The van der Waals surface area contributed by atoms with Crippen LogP contribution in [0.1, 0.15) is 55.3 Å². The summed E-state index contributed by atoms with van der Waals surface area (Å²) in [5, 5.41) is 8.14. The first-order valence-electron chi connectivity index (χ1n) is 7.41. The zero-order chi connectivity index (χ0) is 14.7. The van der Waals surface area contributed by atoms with Crippen molar-refractivity contribution in [2.24, 2.45) is 0 Å². The number of hydrogen-bond donors (Lipinski definition) is 1. The molecule has 4 heteroatoms. The molecule has 0 amide bonds. The Morgan fingerprint density at radius 1 is 1.30 bits per heavy atom. The van der Waals surface area contributed by atoms with Gasteiger partial charge in [0.2, 0.25) is 0 Å². The first-order chi connectivity index (χ1) is 9.55. The molecule has 0 radical (unpaired) electrons. The molecule has 0 bridgehead atoms. The zero-order valence-electron chi connectivity index (χ0n) is 13.2. The van der Waals surface area contributed by atoms with Crippen molar-refractivity contribution in [2.75, 3.05) is 0 Å². The normalized spacial score (nSPS) is 12.8. The molecule has 0 aliphatic rings. The molecule has 2 rings (SSSR count). The second-order valence-corrected chi connectivity index (χ2v) is 5.27. The molecule has 20 heavy (non-hydrogen) atoms. The van der Waals surface area contributed by atoms with E-state index in [0.717, 1.165) is 36.7 Å². The van der Waals surface area contributed by atoms with Crippen LogP contribution in [0.4, 0.5) is 0 Å². The van der Waals surface area contributed by atoms with Crippen molar-refractivity contribution >= 4 is 0 Å². The number of nitrogens with zero attached hydrogens (tertiary/aromatic N) is 2. The van der Waals surface area contributed by atoms with Gasteiger partial charge in [0, 0.05) is 24.7 Å². The van der Waals surface area contributed by atoms with Gasteiger partial charge in [0.1, 0.15) is 11.5 Å². The van der Waals surface area contributed by atoms with E-state index in [1.807, 2.05) is 13.8 Å². The third-order valence-electron chi connectivity index (χ3n) is 3.71. The Morgan fingerprint density at radius 3 is 2.60 bits per heavy atom. The molecule has 4 nitrogen and oxygen atoms in total. The van der Waals surface area contributed by atoms with Crippen LogP contribution < -0.4 is 5.32 Å². The fourth-order valence-corrected chi connectivity index (χ4v) is 2.55. The number of rotatable bonds is 6. The standard InChI is InChI=1S/C16H25N3O/c1-6-14-9-15(19(7-2)18-14)10-17-12(4)16-8-11(3)20-13(16)5/h8-9,12,17H,6-7,10H2,1-5H3. The van der Waals surface area contributed by atoms with Gasteiger partial charge >= 0.3 is 0 Å². The summed E-state index contributed by atoms with van der Waals surface area (Å²) in [5.74, 6) is 1.97. The molecular formula is C16H25N3O. The van der Waals surface area contributed by atoms with Gasteiger partial charge in [-0.2, -0.15) is 5.10 Å². The Balaban J connectivity index is 2.04. The lowest BCUT2D eigenvalue weighted by Gasteiger charge is -2.13. The van der Waals surface area contributed by atoms with Crippen LogP contribution in [0.3, 0.4) is 0 Å². The summed E-state index contributed by atoms with van der Waals surface area (Å²) >= 11 is 0. The summed E-state index contributed by atoms with van der Waals surface area (Å²) in [6.07, 6.45) is 0.982. The highest BCUT2D eigenvalue weighted by Gasteiger charge is 2.13. The van der Waals surface area contributed by atoms with Gasteiger partial charge in [-0.15, -0.1) is 0 Å². The maximum atomic E-state index is 5.60. The second-order valence-electron chi connectivity index (χ2n) is 5.27. The highest BCUT2D eigenvalue weighted by atomic mass is 16.3. The number of furan rings is 1. The van der Waals surface area contributed by atoms with Crippen LogP contribution in [0, 0.1) is 13.8 Å². The summed E-state index contributed by atoms with van der Waals surface area (Å²) in [6, 6.07) is 4.58. The van der Waals surface area contributed by atoms with Crippen molar-refractivity contribution in [1.82, 2.24) is 15.1 Å². The van der Waals surface area contributed by atoms with Crippen molar-refractivity contribution in [2.45, 2.75) is 60.2 Å². The van der Waals surface area contributed by atoms with Crippen LogP contribution in [0.15, 0.2) is 16.5 Å². The quantitative estimate of drug-likeness (QED) is 0.877. The second kappa shape index (κ2) is 6.27. The van der Waals surface area contributed by atoms with Crippen LogP contribution in [0.2, 0.25) is 0 Å². The maximum absolute atomic E-state index is 5.60. The summed E-state index contributed by atoms with van der Waals surface area (Å²) < 4.78 is 7.67. The SMILES string of the molecule is CCc1cc(CNC(C)c2cc(C)oc2C)n(CC)n1. The van der Waals surface area contributed by atoms with Gasteiger partial charge in [0.05, 0.1) is 11.4 Å². The minimum absolute atomic E-state index is 0.276. The van der Waals surface area contributed by atoms with Gasteiger partial charge in [-0.1, -0.05) is 6.92 Å². The van der Waals surface area contributed by atoms with E-state index in [2.05, 4.69) is 48.0 Å². The summed E-state index contributed by atoms with van der Waals surface area (Å²) in [7, 11) is 0. The summed E-state index contributed by atoms with van der Waals surface area (Å²) in [6.45, 7) is 12.2. The number of nitrogens with one attached hydrogen (secondary N) is 1. The van der Waals surface area contributed by atoms with Crippen LogP contribution in [-0.2, 0) is 19.5 Å². The molecule has 0 aliphatic carbocycles. The van der Waals surface area contributed by atoms with Gasteiger partial charge in [-0.05, 0) is 46.2 Å². The largest absolute Gasteiger partial charge is 0.466 e. The van der Waals surface area contributed by atoms with E-state index in [9.17, 15) is 0 Å². The van der Waals surface area contributed by atoms with E-state index in [0.29, 0.717) is 0 Å². The molecule has 2 aromatic heterocycles. The lowest BCUT2D eigenvalue weighted by molar-refractivity contribution is 0.485. The average molecular weight is 275 g/mol. The lowest BCUT2D eigenvalue weighted by atomic mass is 10.1. The molecule has 0 spiro atoms. The van der Waals surface area contributed by atoms with Crippen LogP contribution in [-0.4, -0.2) is 9.78 Å². The number of aryl methyl sites for hydroxylation is 4. The monoisotopic (exact) mass is 275 g/mol. The van der Waals surface area contributed by atoms with Crippen molar-refractivity contribution in [1.29, 1.82) is 0 Å². The van der Waals surface area contributed by atoms with E-state index in [1.54, 1.807) is 0 Å². The van der Waals surface area contributed by atoms with Gasteiger partial charge in [0.25, 0.3) is 0 Å². The van der Waals surface area contributed by atoms with Crippen LogP contribution in [0.25, 0.3) is 0 Å². The van der Waals surface area contributed by atoms with E-state index < -0.39 is 0 Å². The molecule has 0 saturated carbocycles. The molecule has 0 fully saturated rings. The summed E-state index contributed by atoms with van der Waals surface area (Å²) in [5.41, 5.74) is 3.64. The average Bonchev–Trinajstić information content (AvgIpc) is 2.98. The van der Waals surface area contributed by atoms with Gasteiger partial charge in [-0.3, -0.25) is 4.68 Å². The van der Waals surface area contributed by atoms with Crippen molar-refractivity contribution in [3.05, 3.63) is 40.6 Å². The minimum Gasteiger partial charge on any atom is -0.466 e. The van der Waals surface area contributed by atoms with Gasteiger partial charge < -0.3 is 9.73 Å². The third-order valence-corrected chi connectivity index (χ3v) is 3.71. The van der Waals surface area contributed by atoms with E-state index in [1.165, 1.54) is 11.3 Å². The van der Waals surface area contributed by atoms with Gasteiger partial charge in [0.15, 0.2) is 0 Å². The van der Waals surface area contributed by atoms with E-state index >= 15 is 0 Å². The highest BCUT2D eigenvalue weighted by molar-refractivity contribution is 5.23. The zero-order valence-corrected chi connectivity index (χ0v) is 13.2. The molecule has 1 unspecified atom stereocenters. The molecule has 0 aliphatic heterocycles. The van der Waals surface area contributed by atoms with Crippen molar-refractivity contribution < 1.29 is 4.42 Å². The Hall–Kier alpha value is -1.55. The minimum atomic E-state index is 0.276. The first kappa shape index (κ1) is 14.9. The lowest BCUT2D eigenvalue weighted by Crippen LogP contribution is -2.20. The molecule has 1 N–H and O–H groups in total. The van der Waals surface area contributed by atoms with Crippen molar-refractivity contribution in [3.8, 4) is 0 Å². The van der Waals surface area contributed by atoms with E-state index in [-0.39, 0.29) is 6.04 Å². The Morgan fingerprint density at radius 2 is 2.05 bits per heavy atom. The molecule has 2 aromatic rings. The Labute approximate surface area is 121 Å².